The van der Waals surface area contributed by atoms with E-state index in [-0.39, 0.29) is 0 Å². The van der Waals surface area contributed by atoms with E-state index in [1.807, 2.05) is 0 Å². The van der Waals surface area contributed by atoms with Crippen LogP contribution in [0.15, 0.2) is 12.3 Å². The average molecular weight is 263 g/mol. The highest BCUT2D eigenvalue weighted by Crippen LogP contribution is 2.31. The van der Waals surface area contributed by atoms with Gasteiger partial charge in [-0.25, -0.2) is 0 Å². The summed E-state index contributed by atoms with van der Waals surface area (Å²) in [4.78, 5) is 0. The summed E-state index contributed by atoms with van der Waals surface area (Å²) >= 11 is 0. The molecule has 1 fully saturated rings. The Kier molecular flexibility index (Phi) is 5.44. The Labute approximate surface area is 117 Å². The molecule has 1 saturated carbocycles. The van der Waals surface area contributed by atoms with Gasteiger partial charge in [0, 0.05) is 24.7 Å². The fourth-order valence-corrected chi connectivity index (χ4v) is 2.83. The van der Waals surface area contributed by atoms with Crippen LogP contribution in [0.5, 0.6) is 0 Å². The highest BCUT2D eigenvalue weighted by Gasteiger charge is 2.22. The third-order valence-corrected chi connectivity index (χ3v) is 4.50. The van der Waals surface area contributed by atoms with Crippen molar-refractivity contribution < 1.29 is 0 Å². The molecular formula is C16H29N3. The summed E-state index contributed by atoms with van der Waals surface area (Å²) in [6, 6.07) is 3.31. The van der Waals surface area contributed by atoms with E-state index in [2.05, 4.69) is 43.0 Å². The fraction of sp³-hybridized carbons (Fsp3) is 0.812. The monoisotopic (exact) mass is 263 g/mol. The predicted molar refractivity (Wildman–Crippen MR) is 80.4 cm³/mol. The molecule has 2 unspecified atom stereocenters. The Morgan fingerprint density at radius 2 is 2.21 bits per heavy atom. The Morgan fingerprint density at radius 3 is 2.79 bits per heavy atom. The number of likely N-dealkylation sites (N-methyl/N-ethyl adjacent to an activating group) is 1. The summed E-state index contributed by atoms with van der Waals surface area (Å²) in [5, 5.41) is 8.36. The summed E-state index contributed by atoms with van der Waals surface area (Å²) in [6.07, 6.45) is 9.98. The van der Waals surface area contributed by atoms with Crippen LogP contribution in [0.2, 0.25) is 0 Å². The van der Waals surface area contributed by atoms with Crippen molar-refractivity contribution in [3.05, 3.63) is 18.0 Å². The van der Waals surface area contributed by atoms with Crippen LogP contribution in [0, 0.1) is 5.92 Å². The standard InChI is InChI=1S/C16H29N3/c1-4-13(3)19-10-9-15(18-19)12-16(17-5-2)11-14-7-6-8-14/h9-10,13-14,16-17H,4-8,11-12H2,1-3H3. The van der Waals surface area contributed by atoms with E-state index in [4.69, 9.17) is 5.10 Å². The molecule has 1 aromatic heterocycles. The van der Waals surface area contributed by atoms with Crippen LogP contribution < -0.4 is 5.32 Å². The molecule has 0 aromatic carbocycles. The van der Waals surface area contributed by atoms with Gasteiger partial charge in [0.05, 0.1) is 5.69 Å². The fourth-order valence-electron chi connectivity index (χ4n) is 2.83. The molecule has 1 aromatic rings. The average Bonchev–Trinajstić information content (AvgIpc) is 2.81. The van der Waals surface area contributed by atoms with Crippen molar-refractivity contribution >= 4 is 0 Å². The van der Waals surface area contributed by atoms with Crippen LogP contribution in [-0.4, -0.2) is 22.4 Å². The Morgan fingerprint density at radius 1 is 1.42 bits per heavy atom. The Hall–Kier alpha value is -0.830. The molecule has 2 rings (SSSR count). The number of rotatable bonds is 8. The minimum absolute atomic E-state index is 0.512. The normalized spacial score (nSPS) is 19.1. The Balaban J connectivity index is 1.89. The third-order valence-electron chi connectivity index (χ3n) is 4.50. The first kappa shape index (κ1) is 14.6. The molecule has 1 aliphatic rings. The van der Waals surface area contributed by atoms with E-state index >= 15 is 0 Å². The lowest BCUT2D eigenvalue weighted by Crippen LogP contribution is -2.34. The van der Waals surface area contributed by atoms with Gasteiger partial charge in [-0.1, -0.05) is 33.1 Å². The van der Waals surface area contributed by atoms with Crippen molar-refractivity contribution in [3.8, 4) is 0 Å². The van der Waals surface area contributed by atoms with Crippen LogP contribution in [-0.2, 0) is 6.42 Å². The minimum atomic E-state index is 0.512. The van der Waals surface area contributed by atoms with E-state index in [0.29, 0.717) is 12.1 Å². The van der Waals surface area contributed by atoms with Crippen LogP contribution in [0.4, 0.5) is 0 Å². The molecule has 0 bridgehead atoms. The number of nitrogens with zero attached hydrogens (tertiary/aromatic N) is 2. The van der Waals surface area contributed by atoms with Gasteiger partial charge in [0.25, 0.3) is 0 Å². The lowest BCUT2D eigenvalue weighted by Gasteiger charge is -2.29. The summed E-state index contributed by atoms with van der Waals surface area (Å²) in [7, 11) is 0. The molecule has 0 spiro atoms. The smallest absolute Gasteiger partial charge is 0.0640 e. The molecular weight excluding hydrogens is 234 g/mol. The molecule has 108 valence electrons. The molecule has 1 N–H and O–H groups in total. The summed E-state index contributed by atoms with van der Waals surface area (Å²) in [6.45, 7) is 7.70. The SMILES string of the molecule is CCNC(Cc1ccn(C(C)CC)n1)CC1CCC1. The van der Waals surface area contributed by atoms with Gasteiger partial charge in [-0.3, -0.25) is 4.68 Å². The van der Waals surface area contributed by atoms with Gasteiger partial charge in [0.1, 0.15) is 0 Å². The molecule has 1 aliphatic carbocycles. The maximum Gasteiger partial charge on any atom is 0.0640 e. The largest absolute Gasteiger partial charge is 0.314 e. The quantitative estimate of drug-likeness (QED) is 0.777. The summed E-state index contributed by atoms with van der Waals surface area (Å²) in [5.74, 6) is 0.959. The number of hydrogen-bond acceptors (Lipinski definition) is 2. The summed E-state index contributed by atoms with van der Waals surface area (Å²) in [5.41, 5.74) is 1.24. The highest BCUT2D eigenvalue weighted by molar-refractivity contribution is 5.02. The van der Waals surface area contributed by atoms with Gasteiger partial charge in [-0.05, 0) is 38.3 Å². The second-order valence-corrected chi connectivity index (χ2v) is 6.04. The second kappa shape index (κ2) is 7.09. The number of hydrogen-bond donors (Lipinski definition) is 1. The van der Waals surface area contributed by atoms with Gasteiger partial charge < -0.3 is 5.32 Å². The highest BCUT2D eigenvalue weighted by atomic mass is 15.3. The van der Waals surface area contributed by atoms with Crippen LogP contribution in [0.25, 0.3) is 0 Å². The zero-order valence-corrected chi connectivity index (χ0v) is 12.7. The lowest BCUT2D eigenvalue weighted by molar-refractivity contribution is 0.259. The van der Waals surface area contributed by atoms with Crippen LogP contribution in [0.1, 0.15) is 64.6 Å². The van der Waals surface area contributed by atoms with Crippen molar-refractivity contribution in [2.24, 2.45) is 5.92 Å². The number of nitrogens with one attached hydrogen (secondary N) is 1. The minimum Gasteiger partial charge on any atom is -0.314 e. The zero-order valence-electron chi connectivity index (χ0n) is 12.7. The second-order valence-electron chi connectivity index (χ2n) is 6.04. The van der Waals surface area contributed by atoms with Crippen LogP contribution >= 0.6 is 0 Å². The molecule has 0 aliphatic heterocycles. The first-order valence-electron chi connectivity index (χ1n) is 8.00. The van der Waals surface area contributed by atoms with E-state index < -0.39 is 0 Å². The third kappa shape index (κ3) is 4.07. The van der Waals surface area contributed by atoms with Crippen molar-refractivity contribution in [1.82, 2.24) is 15.1 Å². The van der Waals surface area contributed by atoms with Crippen molar-refractivity contribution in [2.75, 3.05) is 6.54 Å². The predicted octanol–water partition coefficient (Wildman–Crippen LogP) is 3.56. The summed E-state index contributed by atoms with van der Waals surface area (Å²) < 4.78 is 2.11. The maximum atomic E-state index is 4.73. The maximum absolute atomic E-state index is 4.73. The topological polar surface area (TPSA) is 29.9 Å². The molecule has 2 atom stereocenters. The molecule has 3 heteroatoms. The van der Waals surface area contributed by atoms with Gasteiger partial charge in [0.2, 0.25) is 0 Å². The number of aromatic nitrogens is 2. The molecule has 3 nitrogen and oxygen atoms in total. The van der Waals surface area contributed by atoms with Crippen molar-refractivity contribution in [1.29, 1.82) is 0 Å². The van der Waals surface area contributed by atoms with Crippen molar-refractivity contribution in [2.45, 2.75) is 71.4 Å². The van der Waals surface area contributed by atoms with Gasteiger partial charge in [0.15, 0.2) is 0 Å². The van der Waals surface area contributed by atoms with E-state index in [1.54, 1.807) is 0 Å². The van der Waals surface area contributed by atoms with Crippen molar-refractivity contribution in [3.63, 3.8) is 0 Å². The molecule has 0 radical (unpaired) electrons. The van der Waals surface area contributed by atoms with Gasteiger partial charge in [-0.2, -0.15) is 5.10 Å². The van der Waals surface area contributed by atoms with Gasteiger partial charge >= 0.3 is 0 Å². The van der Waals surface area contributed by atoms with E-state index in [9.17, 15) is 0 Å². The van der Waals surface area contributed by atoms with Gasteiger partial charge in [-0.15, -0.1) is 0 Å². The molecule has 19 heavy (non-hydrogen) atoms. The Bertz CT molecular complexity index is 368. The molecule has 0 saturated heterocycles. The first-order chi connectivity index (χ1) is 9.22. The van der Waals surface area contributed by atoms with E-state index in [1.165, 1.54) is 31.4 Å². The zero-order chi connectivity index (χ0) is 13.7. The first-order valence-corrected chi connectivity index (χ1v) is 8.00. The van der Waals surface area contributed by atoms with Crippen LogP contribution in [0.3, 0.4) is 0 Å². The molecule has 1 heterocycles. The molecule has 0 amide bonds. The van der Waals surface area contributed by atoms with E-state index in [0.717, 1.165) is 25.3 Å². The lowest BCUT2D eigenvalue weighted by atomic mass is 9.80.